The molecule has 1 saturated carbocycles. The van der Waals surface area contributed by atoms with Crippen LogP contribution in [0.1, 0.15) is 23.2 Å². The highest BCUT2D eigenvalue weighted by molar-refractivity contribution is 5.94. The second-order valence-electron chi connectivity index (χ2n) is 4.73. The van der Waals surface area contributed by atoms with E-state index in [-0.39, 0.29) is 25.2 Å². The smallest absolute Gasteiger partial charge is 0.255 e. The monoisotopic (exact) mass is 278 g/mol. The van der Waals surface area contributed by atoms with Crippen molar-refractivity contribution < 1.29 is 19.4 Å². The number of amides is 2. The molecule has 20 heavy (non-hydrogen) atoms. The minimum Gasteiger partial charge on any atom is -0.484 e. The molecule has 0 aliphatic heterocycles. The molecule has 6 heteroatoms. The van der Waals surface area contributed by atoms with Crippen molar-refractivity contribution in [3.63, 3.8) is 0 Å². The van der Waals surface area contributed by atoms with E-state index in [2.05, 4.69) is 0 Å². The summed E-state index contributed by atoms with van der Waals surface area (Å²) in [5.74, 6) is -0.156. The fraction of sp³-hybridized carbons (Fsp3) is 0.429. The topological polar surface area (TPSA) is 92.9 Å². The number of aliphatic hydroxyl groups is 1. The molecule has 0 spiro atoms. The summed E-state index contributed by atoms with van der Waals surface area (Å²) in [7, 11) is 0. The summed E-state index contributed by atoms with van der Waals surface area (Å²) < 4.78 is 5.13. The van der Waals surface area contributed by atoms with Crippen LogP contribution in [-0.4, -0.2) is 47.6 Å². The lowest BCUT2D eigenvalue weighted by molar-refractivity contribution is -0.119. The third-order valence-electron chi connectivity index (χ3n) is 3.07. The molecule has 6 nitrogen and oxygen atoms in total. The molecule has 0 heterocycles. The van der Waals surface area contributed by atoms with Gasteiger partial charge in [-0.2, -0.15) is 0 Å². The third-order valence-corrected chi connectivity index (χ3v) is 3.07. The zero-order valence-electron chi connectivity index (χ0n) is 11.1. The molecule has 0 atom stereocenters. The van der Waals surface area contributed by atoms with E-state index >= 15 is 0 Å². The van der Waals surface area contributed by atoms with Crippen molar-refractivity contribution >= 4 is 11.8 Å². The van der Waals surface area contributed by atoms with Gasteiger partial charge in [-0.3, -0.25) is 9.59 Å². The lowest BCUT2D eigenvalue weighted by Gasteiger charge is -2.21. The molecule has 0 bridgehead atoms. The van der Waals surface area contributed by atoms with Crippen LogP contribution in [0.5, 0.6) is 5.75 Å². The Balaban J connectivity index is 2.00. The van der Waals surface area contributed by atoms with Crippen molar-refractivity contribution in [1.82, 2.24) is 4.90 Å². The van der Waals surface area contributed by atoms with Gasteiger partial charge in [-0.05, 0) is 37.1 Å². The molecule has 1 aliphatic rings. The molecule has 0 saturated heterocycles. The molecule has 0 aromatic heterocycles. The molecule has 108 valence electrons. The van der Waals surface area contributed by atoms with Gasteiger partial charge in [0.2, 0.25) is 0 Å². The van der Waals surface area contributed by atoms with Gasteiger partial charge in [-0.15, -0.1) is 0 Å². The minimum absolute atomic E-state index is 0.0396. The van der Waals surface area contributed by atoms with E-state index in [1.165, 1.54) is 0 Å². The van der Waals surface area contributed by atoms with Gasteiger partial charge < -0.3 is 20.5 Å². The Kier molecular flexibility index (Phi) is 4.57. The summed E-state index contributed by atoms with van der Waals surface area (Å²) in [6.45, 7) is 0.122. The van der Waals surface area contributed by atoms with Gasteiger partial charge in [0.1, 0.15) is 5.75 Å². The van der Waals surface area contributed by atoms with Crippen LogP contribution in [-0.2, 0) is 4.79 Å². The Bertz CT molecular complexity index is 482. The average Bonchev–Trinajstić information content (AvgIpc) is 3.27. The Morgan fingerprint density at radius 2 is 1.95 bits per heavy atom. The molecular weight excluding hydrogens is 260 g/mol. The van der Waals surface area contributed by atoms with Gasteiger partial charge in [-0.25, -0.2) is 0 Å². The van der Waals surface area contributed by atoms with Crippen molar-refractivity contribution in [1.29, 1.82) is 0 Å². The first kappa shape index (κ1) is 14.3. The van der Waals surface area contributed by atoms with E-state index in [0.717, 1.165) is 12.8 Å². The maximum absolute atomic E-state index is 12.3. The summed E-state index contributed by atoms with van der Waals surface area (Å²) in [5, 5.41) is 9.02. The van der Waals surface area contributed by atoms with Crippen molar-refractivity contribution in [2.24, 2.45) is 5.73 Å². The molecule has 2 rings (SSSR count). The first-order valence-corrected chi connectivity index (χ1v) is 6.55. The average molecular weight is 278 g/mol. The molecular formula is C14H18N2O4. The Labute approximate surface area is 117 Å². The second kappa shape index (κ2) is 6.38. The number of hydrogen-bond donors (Lipinski definition) is 2. The molecule has 1 aromatic carbocycles. The number of nitrogens with zero attached hydrogens (tertiary/aromatic N) is 1. The molecule has 0 radical (unpaired) electrons. The van der Waals surface area contributed by atoms with Crippen molar-refractivity contribution in [3.05, 3.63) is 29.8 Å². The zero-order valence-corrected chi connectivity index (χ0v) is 11.1. The first-order chi connectivity index (χ1) is 9.61. The van der Waals surface area contributed by atoms with Crippen molar-refractivity contribution in [3.8, 4) is 5.75 Å². The highest BCUT2D eigenvalue weighted by Gasteiger charge is 2.32. The van der Waals surface area contributed by atoms with E-state index < -0.39 is 5.91 Å². The first-order valence-electron chi connectivity index (χ1n) is 6.55. The predicted molar refractivity (Wildman–Crippen MR) is 72.3 cm³/mol. The second-order valence-corrected chi connectivity index (χ2v) is 4.73. The number of benzene rings is 1. The summed E-state index contributed by atoms with van der Waals surface area (Å²) in [6, 6.07) is 6.79. The largest absolute Gasteiger partial charge is 0.484 e. The van der Waals surface area contributed by atoms with Crippen LogP contribution in [0.2, 0.25) is 0 Å². The number of primary amides is 1. The van der Waals surface area contributed by atoms with E-state index in [4.69, 9.17) is 15.6 Å². The number of carbonyl (C=O) groups excluding carboxylic acids is 2. The van der Waals surface area contributed by atoms with Crippen LogP contribution in [0, 0.1) is 0 Å². The Morgan fingerprint density at radius 3 is 2.45 bits per heavy atom. The predicted octanol–water partition coefficient (Wildman–Crippen LogP) is 0.148. The number of carbonyl (C=O) groups is 2. The molecule has 1 fully saturated rings. The summed E-state index contributed by atoms with van der Waals surface area (Å²) in [4.78, 5) is 24.6. The normalized spacial score (nSPS) is 13.8. The Morgan fingerprint density at radius 1 is 1.30 bits per heavy atom. The lowest BCUT2D eigenvalue weighted by atomic mass is 10.2. The van der Waals surface area contributed by atoms with Crippen LogP contribution in [0.4, 0.5) is 0 Å². The number of nitrogens with two attached hydrogens (primary N) is 1. The van der Waals surface area contributed by atoms with Crippen LogP contribution in [0.25, 0.3) is 0 Å². The fourth-order valence-electron chi connectivity index (χ4n) is 1.96. The number of aliphatic hydroxyl groups excluding tert-OH is 1. The summed E-state index contributed by atoms with van der Waals surface area (Å²) in [6.07, 6.45) is 1.98. The van der Waals surface area contributed by atoms with Gasteiger partial charge in [-0.1, -0.05) is 0 Å². The SMILES string of the molecule is NC(=O)COc1ccc(C(=O)N(CCO)C2CC2)cc1. The number of ether oxygens (including phenoxy) is 1. The van der Waals surface area contributed by atoms with E-state index in [0.29, 0.717) is 17.9 Å². The number of rotatable bonds is 7. The minimum atomic E-state index is -0.548. The van der Waals surface area contributed by atoms with Gasteiger partial charge >= 0.3 is 0 Å². The van der Waals surface area contributed by atoms with Crippen LogP contribution in [0.15, 0.2) is 24.3 Å². The summed E-state index contributed by atoms with van der Waals surface area (Å²) in [5.41, 5.74) is 5.52. The quantitative estimate of drug-likeness (QED) is 0.742. The maximum Gasteiger partial charge on any atom is 0.255 e. The van der Waals surface area contributed by atoms with E-state index in [1.807, 2.05) is 0 Å². The molecule has 2 amide bonds. The van der Waals surface area contributed by atoms with E-state index in [1.54, 1.807) is 29.2 Å². The highest BCUT2D eigenvalue weighted by Crippen LogP contribution is 2.28. The fourth-order valence-corrected chi connectivity index (χ4v) is 1.96. The maximum atomic E-state index is 12.3. The number of hydrogen-bond acceptors (Lipinski definition) is 4. The lowest BCUT2D eigenvalue weighted by Crippen LogP contribution is -2.35. The molecule has 1 aromatic rings. The molecule has 3 N–H and O–H groups in total. The third kappa shape index (κ3) is 3.71. The van der Waals surface area contributed by atoms with Crippen molar-refractivity contribution in [2.45, 2.75) is 18.9 Å². The molecule has 0 unspecified atom stereocenters. The highest BCUT2D eigenvalue weighted by atomic mass is 16.5. The Hall–Kier alpha value is -2.08. The van der Waals surface area contributed by atoms with Crippen LogP contribution < -0.4 is 10.5 Å². The summed E-state index contributed by atoms with van der Waals surface area (Å²) >= 11 is 0. The van der Waals surface area contributed by atoms with Crippen LogP contribution >= 0.6 is 0 Å². The zero-order chi connectivity index (χ0) is 14.5. The standard InChI is InChI=1S/C14H18N2O4/c15-13(18)9-20-12-5-1-10(2-6-12)14(19)16(7-8-17)11-3-4-11/h1-2,5-6,11,17H,3-4,7-9H2,(H2,15,18). The van der Waals surface area contributed by atoms with Gasteiger partial charge in [0, 0.05) is 18.2 Å². The van der Waals surface area contributed by atoms with Gasteiger partial charge in [0.15, 0.2) is 6.61 Å². The van der Waals surface area contributed by atoms with Gasteiger partial charge in [0.05, 0.1) is 6.61 Å². The van der Waals surface area contributed by atoms with Crippen LogP contribution in [0.3, 0.4) is 0 Å². The van der Waals surface area contributed by atoms with E-state index in [9.17, 15) is 9.59 Å². The van der Waals surface area contributed by atoms with Crippen molar-refractivity contribution in [2.75, 3.05) is 19.8 Å². The molecule has 1 aliphatic carbocycles. The van der Waals surface area contributed by atoms with Gasteiger partial charge in [0.25, 0.3) is 11.8 Å².